The van der Waals surface area contributed by atoms with Crippen molar-refractivity contribution < 1.29 is 4.74 Å². The van der Waals surface area contributed by atoms with E-state index in [0.29, 0.717) is 11.3 Å². The van der Waals surface area contributed by atoms with Crippen LogP contribution in [0.3, 0.4) is 0 Å². The largest absolute Gasteiger partial charge is 0.381 e. The third kappa shape index (κ3) is 3.50. The molecule has 2 atom stereocenters. The molecular weight excluding hydrogens is 220 g/mol. The van der Waals surface area contributed by atoms with Gasteiger partial charge in [-0.25, -0.2) is 0 Å². The van der Waals surface area contributed by atoms with Crippen LogP contribution in [0.1, 0.15) is 24.8 Å². The Hall–Kier alpha value is -0.530. The average molecular weight is 239 g/mol. The lowest BCUT2D eigenvalue weighted by Gasteiger charge is -2.27. The average Bonchev–Trinajstić information content (AvgIpc) is 2.33. The third-order valence-electron chi connectivity index (χ3n) is 3.26. The first kappa shape index (κ1) is 11.9. The van der Waals surface area contributed by atoms with Gasteiger partial charge >= 0.3 is 0 Å². The van der Waals surface area contributed by atoms with E-state index < -0.39 is 0 Å². The van der Waals surface area contributed by atoms with Gasteiger partial charge in [0.05, 0.1) is 6.61 Å². The van der Waals surface area contributed by atoms with E-state index in [9.17, 15) is 0 Å². The molecule has 0 amide bonds. The Morgan fingerprint density at radius 2 is 2.06 bits per heavy atom. The fraction of sp³-hybridized carbons (Fsp3) is 0.571. The molecule has 2 heteroatoms. The van der Waals surface area contributed by atoms with Crippen molar-refractivity contribution in [2.24, 2.45) is 5.92 Å². The van der Waals surface area contributed by atoms with Crippen molar-refractivity contribution in [1.29, 1.82) is 0 Å². The number of alkyl halides is 1. The molecular formula is C14H19ClO. The molecule has 0 bridgehead atoms. The Labute approximate surface area is 103 Å². The Kier molecular flexibility index (Phi) is 4.68. The molecule has 1 heterocycles. The van der Waals surface area contributed by atoms with E-state index in [1.54, 1.807) is 0 Å². The van der Waals surface area contributed by atoms with Gasteiger partial charge in [0.2, 0.25) is 0 Å². The maximum Gasteiger partial charge on any atom is 0.0508 e. The maximum atomic E-state index is 6.28. The fourth-order valence-corrected chi connectivity index (χ4v) is 2.54. The Balaban J connectivity index is 1.71. The van der Waals surface area contributed by atoms with Crippen molar-refractivity contribution in [3.8, 4) is 0 Å². The van der Waals surface area contributed by atoms with Crippen LogP contribution in [-0.4, -0.2) is 18.6 Å². The third-order valence-corrected chi connectivity index (χ3v) is 3.84. The lowest BCUT2D eigenvalue weighted by Crippen LogP contribution is -2.28. The van der Waals surface area contributed by atoms with E-state index >= 15 is 0 Å². The molecule has 88 valence electrons. The molecule has 1 nitrogen and oxygen atoms in total. The van der Waals surface area contributed by atoms with Gasteiger partial charge in [-0.2, -0.15) is 0 Å². The van der Waals surface area contributed by atoms with Crippen LogP contribution in [0.25, 0.3) is 0 Å². The van der Waals surface area contributed by atoms with Crippen LogP contribution in [0, 0.1) is 5.92 Å². The van der Waals surface area contributed by atoms with E-state index in [2.05, 4.69) is 30.3 Å². The zero-order valence-corrected chi connectivity index (χ0v) is 10.3. The Morgan fingerprint density at radius 1 is 1.25 bits per heavy atom. The van der Waals surface area contributed by atoms with Crippen molar-refractivity contribution in [2.45, 2.75) is 31.1 Å². The first-order valence-corrected chi connectivity index (χ1v) is 6.55. The van der Waals surface area contributed by atoms with E-state index in [4.69, 9.17) is 16.3 Å². The molecule has 1 aliphatic rings. The highest BCUT2D eigenvalue weighted by Crippen LogP contribution is 2.25. The molecule has 1 aromatic carbocycles. The van der Waals surface area contributed by atoms with Crippen molar-refractivity contribution in [1.82, 2.24) is 0 Å². The van der Waals surface area contributed by atoms with Crippen molar-refractivity contribution >= 4 is 11.6 Å². The second-order valence-corrected chi connectivity index (χ2v) is 5.08. The molecule has 0 spiro atoms. The Bertz CT molecular complexity index is 299. The van der Waals surface area contributed by atoms with Gasteiger partial charge in [0.15, 0.2) is 0 Å². The van der Waals surface area contributed by atoms with E-state index in [1.165, 1.54) is 18.4 Å². The summed E-state index contributed by atoms with van der Waals surface area (Å²) >= 11 is 6.28. The summed E-state index contributed by atoms with van der Waals surface area (Å²) in [6.07, 6.45) is 4.56. The minimum Gasteiger partial charge on any atom is -0.381 e. The number of hydrogen-bond acceptors (Lipinski definition) is 1. The number of benzene rings is 1. The quantitative estimate of drug-likeness (QED) is 0.728. The van der Waals surface area contributed by atoms with Crippen molar-refractivity contribution in [3.05, 3.63) is 35.9 Å². The van der Waals surface area contributed by atoms with Crippen LogP contribution in [0.15, 0.2) is 30.3 Å². The van der Waals surface area contributed by atoms with Crippen molar-refractivity contribution in [2.75, 3.05) is 13.2 Å². The zero-order chi connectivity index (χ0) is 11.2. The molecule has 1 saturated heterocycles. The molecule has 1 aromatic rings. The molecule has 1 fully saturated rings. The first-order chi connectivity index (χ1) is 7.86. The van der Waals surface area contributed by atoms with Crippen LogP contribution < -0.4 is 0 Å². The van der Waals surface area contributed by atoms with Gasteiger partial charge in [0.1, 0.15) is 0 Å². The molecule has 16 heavy (non-hydrogen) atoms. The van der Waals surface area contributed by atoms with Gasteiger partial charge in [0, 0.05) is 12.0 Å². The van der Waals surface area contributed by atoms with Gasteiger partial charge in [-0.1, -0.05) is 30.3 Å². The maximum absolute atomic E-state index is 6.28. The SMILES string of the molecule is ClC1CCOCC1CCCc1ccccc1. The van der Waals surface area contributed by atoms with Crippen molar-refractivity contribution in [3.63, 3.8) is 0 Å². The summed E-state index contributed by atoms with van der Waals surface area (Å²) in [5.74, 6) is 0.555. The summed E-state index contributed by atoms with van der Waals surface area (Å²) in [6, 6.07) is 10.6. The van der Waals surface area contributed by atoms with Gasteiger partial charge in [-0.15, -0.1) is 11.6 Å². The summed E-state index contributed by atoms with van der Waals surface area (Å²) in [4.78, 5) is 0. The monoisotopic (exact) mass is 238 g/mol. The van der Waals surface area contributed by atoms with Crippen LogP contribution in [0.2, 0.25) is 0 Å². The number of rotatable bonds is 4. The fourth-order valence-electron chi connectivity index (χ4n) is 2.25. The normalized spacial score (nSPS) is 25.6. The minimum atomic E-state index is 0.324. The zero-order valence-electron chi connectivity index (χ0n) is 9.57. The van der Waals surface area contributed by atoms with Gasteiger partial charge in [-0.3, -0.25) is 0 Å². The number of aryl methyl sites for hydroxylation is 1. The van der Waals surface area contributed by atoms with Crippen LogP contribution in [0.5, 0.6) is 0 Å². The Morgan fingerprint density at radius 3 is 2.81 bits per heavy atom. The molecule has 2 unspecified atom stereocenters. The summed E-state index contributed by atoms with van der Waals surface area (Å²) < 4.78 is 5.47. The molecule has 0 aromatic heterocycles. The molecule has 0 aliphatic carbocycles. The summed E-state index contributed by atoms with van der Waals surface area (Å²) in [5, 5.41) is 0.324. The first-order valence-electron chi connectivity index (χ1n) is 6.12. The summed E-state index contributed by atoms with van der Waals surface area (Å²) in [6.45, 7) is 1.69. The van der Waals surface area contributed by atoms with E-state index in [1.807, 2.05) is 0 Å². The van der Waals surface area contributed by atoms with E-state index in [-0.39, 0.29) is 0 Å². The van der Waals surface area contributed by atoms with Gasteiger partial charge < -0.3 is 4.74 Å². The van der Waals surface area contributed by atoms with E-state index in [0.717, 1.165) is 26.1 Å². The summed E-state index contributed by atoms with van der Waals surface area (Å²) in [7, 11) is 0. The van der Waals surface area contributed by atoms with Crippen LogP contribution in [0.4, 0.5) is 0 Å². The number of hydrogen-bond donors (Lipinski definition) is 0. The second kappa shape index (κ2) is 6.27. The molecule has 0 N–H and O–H groups in total. The highest BCUT2D eigenvalue weighted by molar-refractivity contribution is 6.20. The molecule has 0 radical (unpaired) electrons. The predicted molar refractivity (Wildman–Crippen MR) is 67.9 cm³/mol. The minimum absolute atomic E-state index is 0.324. The second-order valence-electron chi connectivity index (χ2n) is 4.52. The topological polar surface area (TPSA) is 9.23 Å². The highest BCUT2D eigenvalue weighted by atomic mass is 35.5. The van der Waals surface area contributed by atoms with Gasteiger partial charge in [0.25, 0.3) is 0 Å². The molecule has 1 aliphatic heterocycles. The molecule has 2 rings (SSSR count). The smallest absolute Gasteiger partial charge is 0.0508 e. The molecule has 0 saturated carbocycles. The predicted octanol–water partition coefficient (Wildman–Crippen LogP) is 3.65. The highest BCUT2D eigenvalue weighted by Gasteiger charge is 2.22. The van der Waals surface area contributed by atoms with Crippen LogP contribution >= 0.6 is 11.6 Å². The number of ether oxygens (including phenoxy) is 1. The van der Waals surface area contributed by atoms with Gasteiger partial charge in [-0.05, 0) is 37.2 Å². The standard InChI is InChI=1S/C14H19ClO/c15-14-9-10-16-11-13(14)8-4-7-12-5-2-1-3-6-12/h1-3,5-6,13-14H,4,7-11H2. The lowest BCUT2D eigenvalue weighted by molar-refractivity contribution is 0.0538. The number of halogens is 1. The summed E-state index contributed by atoms with van der Waals surface area (Å²) in [5.41, 5.74) is 1.42. The lowest BCUT2D eigenvalue weighted by atomic mass is 9.94. The van der Waals surface area contributed by atoms with Crippen LogP contribution in [-0.2, 0) is 11.2 Å².